The van der Waals surface area contributed by atoms with Crippen molar-refractivity contribution in [1.29, 1.82) is 0 Å². The van der Waals surface area contributed by atoms with Crippen molar-refractivity contribution in [2.24, 2.45) is 5.41 Å². The molecule has 2 aliphatic rings. The molecule has 1 amide bonds. The molecule has 33 heavy (non-hydrogen) atoms. The number of aromatic nitrogens is 4. The summed E-state index contributed by atoms with van der Waals surface area (Å²) < 4.78 is 13.2. The maximum absolute atomic E-state index is 12.9. The van der Waals surface area contributed by atoms with Crippen molar-refractivity contribution in [2.75, 3.05) is 6.61 Å². The Labute approximate surface area is 192 Å². The van der Waals surface area contributed by atoms with Gasteiger partial charge < -0.3 is 19.9 Å². The second kappa shape index (κ2) is 7.98. The summed E-state index contributed by atoms with van der Waals surface area (Å²) in [7, 11) is 0. The number of carbonyl (C=O) groups excluding carboxylic acids is 1. The predicted molar refractivity (Wildman–Crippen MR) is 120 cm³/mol. The summed E-state index contributed by atoms with van der Waals surface area (Å²) in [5.41, 5.74) is 1.41. The van der Waals surface area contributed by atoms with Gasteiger partial charge in [0.2, 0.25) is 5.88 Å². The van der Waals surface area contributed by atoms with Gasteiger partial charge in [0.05, 0.1) is 34.8 Å². The van der Waals surface area contributed by atoms with Crippen molar-refractivity contribution in [3.05, 3.63) is 48.2 Å². The number of hydrogen-bond donors (Lipinski definition) is 2. The van der Waals surface area contributed by atoms with Crippen LogP contribution in [0, 0.1) is 12.3 Å². The van der Waals surface area contributed by atoms with Crippen LogP contribution in [-0.4, -0.2) is 54.9 Å². The van der Waals surface area contributed by atoms with Gasteiger partial charge in [-0.15, -0.1) is 0 Å². The maximum Gasteiger partial charge on any atom is 0.255 e. The smallest absolute Gasteiger partial charge is 0.255 e. The van der Waals surface area contributed by atoms with Crippen LogP contribution in [0.4, 0.5) is 0 Å². The summed E-state index contributed by atoms with van der Waals surface area (Å²) in [4.78, 5) is 21.3. The summed E-state index contributed by atoms with van der Waals surface area (Å²) in [5.74, 6) is 1.08. The minimum atomic E-state index is -0.925. The fourth-order valence-corrected chi connectivity index (χ4v) is 4.83. The molecule has 3 heterocycles. The molecule has 2 N–H and O–H groups in total. The minimum Gasteiger partial charge on any atom is -0.489 e. The lowest BCUT2D eigenvalue weighted by molar-refractivity contribution is -0.0850. The molecule has 3 aromatic heterocycles. The van der Waals surface area contributed by atoms with Gasteiger partial charge in [-0.25, -0.2) is 9.50 Å². The molecule has 0 saturated heterocycles. The molecule has 2 fully saturated rings. The maximum atomic E-state index is 12.9. The number of amides is 1. The zero-order valence-corrected chi connectivity index (χ0v) is 19.1. The number of rotatable bonds is 7. The standard InChI is InChI=1S/C24H29N5O4/c1-15-22(26-7-6-25-15)33-18-10-24(11-18)8-16(9-24)28-21(30)19-12-27-29-13-17(4-5-20(19)29)32-14-23(2,3)31/h4-7,12-13,16,18,31H,8-11,14H2,1-3H3,(H,28,30). The van der Waals surface area contributed by atoms with Crippen LogP contribution >= 0.6 is 0 Å². The van der Waals surface area contributed by atoms with E-state index in [1.165, 1.54) is 0 Å². The number of fused-ring (bicyclic) bond motifs is 1. The first-order valence-electron chi connectivity index (χ1n) is 11.3. The molecule has 3 aromatic rings. The Hall–Kier alpha value is -3.20. The third kappa shape index (κ3) is 4.50. The lowest BCUT2D eigenvalue weighted by atomic mass is 9.53. The van der Waals surface area contributed by atoms with Crippen LogP contribution in [0.3, 0.4) is 0 Å². The van der Waals surface area contributed by atoms with Gasteiger partial charge in [-0.05, 0) is 64.0 Å². The molecule has 2 aliphatic carbocycles. The lowest BCUT2D eigenvalue weighted by Crippen LogP contribution is -2.58. The van der Waals surface area contributed by atoms with Gasteiger partial charge in [0.15, 0.2) is 0 Å². The highest BCUT2D eigenvalue weighted by Gasteiger charge is 2.54. The number of aliphatic hydroxyl groups is 1. The van der Waals surface area contributed by atoms with Crippen LogP contribution in [-0.2, 0) is 0 Å². The Bertz CT molecular complexity index is 1170. The van der Waals surface area contributed by atoms with E-state index in [-0.39, 0.29) is 30.1 Å². The first kappa shape index (κ1) is 21.6. The first-order valence-corrected chi connectivity index (χ1v) is 11.3. The van der Waals surface area contributed by atoms with E-state index in [2.05, 4.69) is 20.4 Å². The van der Waals surface area contributed by atoms with Crippen molar-refractivity contribution >= 4 is 11.4 Å². The van der Waals surface area contributed by atoms with Crippen LogP contribution in [0.2, 0.25) is 0 Å². The van der Waals surface area contributed by atoms with E-state index in [9.17, 15) is 9.90 Å². The van der Waals surface area contributed by atoms with Crippen molar-refractivity contribution in [1.82, 2.24) is 24.9 Å². The highest BCUT2D eigenvalue weighted by atomic mass is 16.5. The van der Waals surface area contributed by atoms with Crippen LogP contribution in [0.5, 0.6) is 11.6 Å². The Morgan fingerprint density at radius 2 is 2.00 bits per heavy atom. The van der Waals surface area contributed by atoms with Crippen molar-refractivity contribution < 1.29 is 19.4 Å². The summed E-state index contributed by atoms with van der Waals surface area (Å²) >= 11 is 0. The third-order valence-electron chi connectivity index (χ3n) is 6.46. The topological polar surface area (TPSA) is 111 Å². The monoisotopic (exact) mass is 451 g/mol. The highest BCUT2D eigenvalue weighted by molar-refractivity contribution is 6.00. The number of ether oxygens (including phenoxy) is 2. The van der Waals surface area contributed by atoms with Crippen LogP contribution in [0.15, 0.2) is 36.9 Å². The van der Waals surface area contributed by atoms with Crippen LogP contribution in [0.25, 0.3) is 5.52 Å². The lowest BCUT2D eigenvalue weighted by Gasteiger charge is -2.57. The molecule has 0 radical (unpaired) electrons. The molecule has 0 aromatic carbocycles. The summed E-state index contributed by atoms with van der Waals surface area (Å²) in [6, 6.07) is 3.76. The normalized spacial score (nSPS) is 24.2. The average molecular weight is 452 g/mol. The molecule has 174 valence electrons. The number of carbonyl (C=O) groups is 1. The van der Waals surface area contributed by atoms with Crippen LogP contribution < -0.4 is 14.8 Å². The Morgan fingerprint density at radius 3 is 2.73 bits per heavy atom. The van der Waals surface area contributed by atoms with Gasteiger partial charge in [-0.2, -0.15) is 5.10 Å². The van der Waals surface area contributed by atoms with E-state index in [0.29, 0.717) is 22.7 Å². The molecule has 5 rings (SSSR count). The van der Waals surface area contributed by atoms with Gasteiger partial charge in [0.1, 0.15) is 18.5 Å². The van der Waals surface area contributed by atoms with Gasteiger partial charge in [-0.1, -0.05) is 0 Å². The van der Waals surface area contributed by atoms with Crippen molar-refractivity contribution in [3.8, 4) is 11.6 Å². The Morgan fingerprint density at radius 1 is 1.24 bits per heavy atom. The summed E-state index contributed by atoms with van der Waals surface area (Å²) in [6.07, 6.45) is 10.7. The van der Waals surface area contributed by atoms with E-state index in [1.807, 2.05) is 13.0 Å². The third-order valence-corrected chi connectivity index (χ3v) is 6.46. The molecule has 0 unspecified atom stereocenters. The van der Waals surface area contributed by atoms with E-state index in [0.717, 1.165) is 31.4 Å². The molecule has 0 aliphatic heterocycles. The second-order valence-electron chi connectivity index (χ2n) is 10.0. The molecular formula is C24H29N5O4. The van der Waals surface area contributed by atoms with E-state index in [1.54, 1.807) is 49.2 Å². The quantitative estimate of drug-likeness (QED) is 0.568. The largest absolute Gasteiger partial charge is 0.489 e. The van der Waals surface area contributed by atoms with Gasteiger partial charge in [0, 0.05) is 18.4 Å². The number of nitrogens with one attached hydrogen (secondary N) is 1. The van der Waals surface area contributed by atoms with Gasteiger partial charge >= 0.3 is 0 Å². The number of aryl methyl sites for hydroxylation is 1. The van der Waals surface area contributed by atoms with Gasteiger partial charge in [0.25, 0.3) is 5.91 Å². The number of pyridine rings is 1. The summed E-state index contributed by atoms with van der Waals surface area (Å²) in [6.45, 7) is 5.43. The zero-order valence-electron chi connectivity index (χ0n) is 19.1. The van der Waals surface area contributed by atoms with Crippen molar-refractivity contribution in [3.63, 3.8) is 0 Å². The van der Waals surface area contributed by atoms with Gasteiger partial charge in [-0.3, -0.25) is 9.78 Å². The molecule has 9 heteroatoms. The molecule has 2 saturated carbocycles. The summed E-state index contributed by atoms with van der Waals surface area (Å²) in [5, 5.41) is 17.3. The van der Waals surface area contributed by atoms with Crippen molar-refractivity contribution in [2.45, 2.75) is 64.2 Å². The highest BCUT2D eigenvalue weighted by Crippen LogP contribution is 2.56. The molecular weight excluding hydrogens is 422 g/mol. The first-order chi connectivity index (χ1) is 15.7. The fourth-order valence-electron chi connectivity index (χ4n) is 4.83. The van der Waals surface area contributed by atoms with E-state index >= 15 is 0 Å². The van der Waals surface area contributed by atoms with Crippen LogP contribution in [0.1, 0.15) is 55.6 Å². The zero-order chi connectivity index (χ0) is 23.2. The number of hydrogen-bond acceptors (Lipinski definition) is 7. The molecule has 0 bridgehead atoms. The fraction of sp³-hybridized carbons (Fsp3) is 0.500. The average Bonchev–Trinajstić information content (AvgIpc) is 3.13. The Balaban J connectivity index is 1.13. The molecule has 1 spiro atoms. The molecule has 9 nitrogen and oxygen atoms in total. The predicted octanol–water partition coefficient (Wildman–Crippen LogP) is 2.70. The minimum absolute atomic E-state index is 0.114. The SMILES string of the molecule is Cc1nccnc1OC1CC2(CC(NC(=O)c3cnn4cc(OCC(C)(C)O)ccc34)C2)C1. The second-order valence-corrected chi connectivity index (χ2v) is 10.0. The van der Waals surface area contributed by atoms with E-state index < -0.39 is 5.60 Å². The Kier molecular flexibility index (Phi) is 5.23. The van der Waals surface area contributed by atoms with E-state index in [4.69, 9.17) is 9.47 Å². The molecule has 0 atom stereocenters. The number of nitrogens with zero attached hydrogens (tertiary/aromatic N) is 4.